The maximum absolute atomic E-state index is 13.1. The molecule has 0 bridgehead atoms. The predicted molar refractivity (Wildman–Crippen MR) is 414 cm³/mol. The van der Waals surface area contributed by atoms with Crippen molar-refractivity contribution in [2.24, 2.45) is 5.92 Å². The molecule has 0 heterocycles. The third-order valence-corrected chi connectivity index (χ3v) is 21.5. The second-order valence-electron chi connectivity index (χ2n) is 29.8. The molecule has 17 nitrogen and oxygen atoms in total. The van der Waals surface area contributed by atoms with Gasteiger partial charge in [-0.05, 0) is 31.6 Å². The number of phosphoric ester groups is 2. The summed E-state index contributed by atoms with van der Waals surface area (Å²) < 4.78 is 68.7. The summed E-state index contributed by atoms with van der Waals surface area (Å²) in [5.74, 6) is -1.26. The van der Waals surface area contributed by atoms with E-state index in [0.717, 1.165) is 102 Å². The van der Waals surface area contributed by atoms with Crippen molar-refractivity contribution in [1.29, 1.82) is 0 Å². The van der Waals surface area contributed by atoms with E-state index in [1.807, 2.05) is 0 Å². The van der Waals surface area contributed by atoms with Crippen molar-refractivity contribution in [3.8, 4) is 0 Å². The van der Waals surface area contributed by atoms with E-state index in [2.05, 4.69) is 34.6 Å². The molecule has 0 rings (SSSR count). The highest BCUT2D eigenvalue weighted by molar-refractivity contribution is 7.47. The molecule has 0 fully saturated rings. The summed E-state index contributed by atoms with van der Waals surface area (Å²) in [6, 6.07) is 0. The van der Waals surface area contributed by atoms with Gasteiger partial charge in [-0.2, -0.15) is 0 Å². The molecule has 0 aromatic carbocycles. The topological polar surface area (TPSA) is 237 Å². The van der Waals surface area contributed by atoms with Crippen molar-refractivity contribution < 1.29 is 80.2 Å². The third-order valence-electron chi connectivity index (χ3n) is 19.6. The number of phosphoric acid groups is 2. The molecule has 6 atom stereocenters. The van der Waals surface area contributed by atoms with E-state index in [0.29, 0.717) is 25.7 Å². The fourth-order valence-electron chi connectivity index (χ4n) is 12.7. The van der Waals surface area contributed by atoms with E-state index in [1.54, 1.807) is 0 Å². The van der Waals surface area contributed by atoms with Gasteiger partial charge in [0.2, 0.25) is 0 Å². The van der Waals surface area contributed by atoms with Crippen molar-refractivity contribution in [2.75, 3.05) is 39.6 Å². The molecule has 0 aromatic rings. The number of rotatable bonds is 82. The quantitative estimate of drug-likeness (QED) is 0.0222. The Morgan fingerprint density at radius 2 is 0.475 bits per heavy atom. The van der Waals surface area contributed by atoms with Gasteiger partial charge in [0.05, 0.1) is 26.4 Å². The van der Waals surface area contributed by atoms with E-state index < -0.39 is 97.5 Å². The lowest BCUT2D eigenvalue weighted by atomic mass is 9.99. The van der Waals surface area contributed by atoms with Crippen LogP contribution in [0.1, 0.15) is 439 Å². The second-order valence-corrected chi connectivity index (χ2v) is 32.7. The fourth-order valence-corrected chi connectivity index (χ4v) is 14.3. The Morgan fingerprint density at radius 3 is 0.703 bits per heavy atom. The smallest absolute Gasteiger partial charge is 0.462 e. The average Bonchev–Trinajstić information content (AvgIpc) is 2.03. The van der Waals surface area contributed by atoms with Crippen LogP contribution in [0.4, 0.5) is 0 Å². The molecule has 101 heavy (non-hydrogen) atoms. The van der Waals surface area contributed by atoms with Gasteiger partial charge in [-0.15, -0.1) is 0 Å². The highest BCUT2D eigenvalue weighted by Gasteiger charge is 2.30. The Kier molecular flexibility index (Phi) is 73.5. The molecule has 0 amide bonds. The summed E-state index contributed by atoms with van der Waals surface area (Å²) in [6.45, 7) is 7.36. The van der Waals surface area contributed by atoms with Gasteiger partial charge in [0.1, 0.15) is 19.3 Å². The van der Waals surface area contributed by atoms with Crippen molar-refractivity contribution in [2.45, 2.75) is 457 Å². The number of hydrogen-bond donors (Lipinski definition) is 3. The first kappa shape index (κ1) is 99.1. The van der Waals surface area contributed by atoms with Gasteiger partial charge in [-0.1, -0.05) is 388 Å². The van der Waals surface area contributed by atoms with Gasteiger partial charge in [0.25, 0.3) is 0 Å². The zero-order chi connectivity index (χ0) is 74.1. The van der Waals surface area contributed by atoms with Crippen molar-refractivity contribution in [3.63, 3.8) is 0 Å². The fraction of sp³-hybridized carbons (Fsp3) is 0.951. The van der Waals surface area contributed by atoms with Crippen molar-refractivity contribution >= 4 is 39.5 Å². The average molecular weight is 1480 g/mol. The van der Waals surface area contributed by atoms with Crippen LogP contribution < -0.4 is 0 Å². The van der Waals surface area contributed by atoms with Gasteiger partial charge in [-0.25, -0.2) is 9.13 Å². The summed E-state index contributed by atoms with van der Waals surface area (Å²) in [6.07, 6.45) is 66.7. The molecule has 0 saturated heterocycles. The number of hydrogen-bond acceptors (Lipinski definition) is 15. The van der Waals surface area contributed by atoms with Crippen LogP contribution >= 0.6 is 15.6 Å². The Balaban J connectivity index is 5.18. The summed E-state index contributed by atoms with van der Waals surface area (Å²) in [5.41, 5.74) is 0. The first-order chi connectivity index (χ1) is 49.1. The van der Waals surface area contributed by atoms with Crippen LogP contribution in [-0.4, -0.2) is 96.7 Å². The van der Waals surface area contributed by atoms with Crippen molar-refractivity contribution in [1.82, 2.24) is 0 Å². The third kappa shape index (κ3) is 74.7. The number of carbonyl (C=O) groups is 4. The number of ether oxygens (including phenoxy) is 4. The molecule has 0 spiro atoms. The maximum Gasteiger partial charge on any atom is 0.472 e. The second kappa shape index (κ2) is 74.9. The highest BCUT2D eigenvalue weighted by Crippen LogP contribution is 2.45. The van der Waals surface area contributed by atoms with Gasteiger partial charge >= 0.3 is 39.5 Å². The standard InChI is InChI=1S/C82H160O17P2/c1-6-10-13-16-19-22-24-26-27-28-29-30-31-32-33-34-40-44-48-53-58-63-68-82(87)99-78(72-93-80(85)66-61-56-51-46-42-39-36-35-38-41-45-49-54-59-64-75(5)9-4)74-97-101(90,91)95-70-76(83)69-94-100(88,89)96-73-77(71-92-79(84)65-60-55-50-21-18-15-12-8-3)98-81(86)67-62-57-52-47-43-37-25-23-20-17-14-11-7-2/h75-78,83H,6-74H2,1-5H3,(H,88,89)(H,90,91)/t75?,76-,77+,78+/m0/s1. The van der Waals surface area contributed by atoms with E-state index in [1.165, 1.54) is 257 Å². The normalized spacial score (nSPS) is 14.1. The summed E-state index contributed by atoms with van der Waals surface area (Å²) >= 11 is 0. The zero-order valence-electron chi connectivity index (χ0n) is 66.1. The summed E-state index contributed by atoms with van der Waals surface area (Å²) in [7, 11) is -9.91. The van der Waals surface area contributed by atoms with E-state index in [9.17, 15) is 43.2 Å². The summed E-state index contributed by atoms with van der Waals surface area (Å²) in [5, 5.41) is 10.6. The molecule has 0 aliphatic heterocycles. The van der Waals surface area contributed by atoms with Crippen LogP contribution in [0.5, 0.6) is 0 Å². The minimum absolute atomic E-state index is 0.108. The van der Waals surface area contributed by atoms with E-state index >= 15 is 0 Å². The molecular formula is C82H160O17P2. The Morgan fingerprint density at radius 1 is 0.277 bits per heavy atom. The van der Waals surface area contributed by atoms with Crippen LogP contribution in [0.2, 0.25) is 0 Å². The molecule has 0 saturated carbocycles. The minimum atomic E-state index is -4.96. The Labute approximate surface area is 619 Å². The molecule has 600 valence electrons. The largest absolute Gasteiger partial charge is 0.472 e. The predicted octanol–water partition coefficient (Wildman–Crippen LogP) is 24.8. The first-order valence-corrected chi connectivity index (χ1v) is 45.7. The van der Waals surface area contributed by atoms with Crippen LogP contribution in [0, 0.1) is 5.92 Å². The number of aliphatic hydroxyl groups is 1. The van der Waals surface area contributed by atoms with Crippen LogP contribution in [-0.2, 0) is 65.4 Å². The lowest BCUT2D eigenvalue weighted by molar-refractivity contribution is -0.161. The molecule has 0 aliphatic carbocycles. The van der Waals surface area contributed by atoms with Crippen LogP contribution in [0.3, 0.4) is 0 Å². The molecular weight excluding hydrogens is 1320 g/mol. The number of aliphatic hydroxyl groups excluding tert-OH is 1. The molecule has 0 aliphatic rings. The first-order valence-electron chi connectivity index (χ1n) is 42.7. The molecule has 3 N–H and O–H groups in total. The van der Waals surface area contributed by atoms with Gasteiger partial charge < -0.3 is 33.8 Å². The maximum atomic E-state index is 13.1. The molecule has 0 radical (unpaired) electrons. The highest BCUT2D eigenvalue weighted by atomic mass is 31.2. The van der Waals surface area contributed by atoms with Crippen molar-refractivity contribution in [3.05, 3.63) is 0 Å². The number of unbranched alkanes of at least 4 members (excludes halogenated alkanes) is 53. The number of carbonyl (C=O) groups excluding carboxylic acids is 4. The van der Waals surface area contributed by atoms with Gasteiger partial charge in [0.15, 0.2) is 12.2 Å². The van der Waals surface area contributed by atoms with Gasteiger partial charge in [-0.3, -0.25) is 37.3 Å². The monoisotopic (exact) mass is 1480 g/mol. The van der Waals surface area contributed by atoms with Crippen LogP contribution in [0.15, 0.2) is 0 Å². The minimum Gasteiger partial charge on any atom is -0.462 e. The number of esters is 4. The van der Waals surface area contributed by atoms with E-state index in [-0.39, 0.29) is 25.7 Å². The Hall–Kier alpha value is -1.94. The zero-order valence-corrected chi connectivity index (χ0v) is 67.8. The lowest BCUT2D eigenvalue weighted by Gasteiger charge is -2.21. The van der Waals surface area contributed by atoms with E-state index in [4.69, 9.17) is 37.0 Å². The Bertz CT molecular complexity index is 1930. The molecule has 0 aromatic heterocycles. The SMILES string of the molecule is CCCCCCCCCCCCCCCCCCCCCCCCC(=O)O[C@H](COC(=O)CCCCCCCCCCCCCCCCC(C)CC)COP(=O)(O)OC[C@@H](O)COP(=O)(O)OC[C@@H](COC(=O)CCCCCCCCCC)OC(=O)CCCCCCCCCCCCCCC. The van der Waals surface area contributed by atoms with Gasteiger partial charge in [0, 0.05) is 25.7 Å². The summed E-state index contributed by atoms with van der Waals surface area (Å²) in [4.78, 5) is 72.9. The lowest BCUT2D eigenvalue weighted by Crippen LogP contribution is -2.30. The molecule has 3 unspecified atom stereocenters. The molecule has 19 heteroatoms. The van der Waals surface area contributed by atoms with Crippen LogP contribution in [0.25, 0.3) is 0 Å².